The van der Waals surface area contributed by atoms with Gasteiger partial charge in [-0.2, -0.15) is 4.98 Å². The lowest BCUT2D eigenvalue weighted by molar-refractivity contribution is 0.428. The summed E-state index contributed by atoms with van der Waals surface area (Å²) in [7, 11) is 0. The predicted octanol–water partition coefficient (Wildman–Crippen LogP) is 2.77. The molecule has 24 heavy (non-hydrogen) atoms. The SMILES string of the molecule is Oc1ccccc1N1CCN(c2noc(-c3ccccc3)n2)CC1. The molecule has 0 amide bonds. The molecule has 0 spiro atoms. The Balaban J connectivity index is 1.45. The molecule has 1 fully saturated rings. The second-order valence-corrected chi connectivity index (χ2v) is 5.73. The lowest BCUT2D eigenvalue weighted by atomic mass is 10.2. The van der Waals surface area contributed by atoms with E-state index >= 15 is 0 Å². The molecule has 2 heterocycles. The van der Waals surface area contributed by atoms with Crippen molar-refractivity contribution in [1.29, 1.82) is 0 Å². The van der Waals surface area contributed by atoms with Gasteiger partial charge in [0.05, 0.1) is 5.69 Å². The van der Waals surface area contributed by atoms with E-state index in [-0.39, 0.29) is 0 Å². The summed E-state index contributed by atoms with van der Waals surface area (Å²) in [5.74, 6) is 1.47. The van der Waals surface area contributed by atoms with Gasteiger partial charge >= 0.3 is 0 Å². The summed E-state index contributed by atoms with van der Waals surface area (Å²) >= 11 is 0. The van der Waals surface area contributed by atoms with Crippen LogP contribution in [0.15, 0.2) is 59.1 Å². The molecule has 1 aliphatic rings. The smallest absolute Gasteiger partial charge is 0.266 e. The van der Waals surface area contributed by atoms with Crippen LogP contribution < -0.4 is 9.80 Å². The molecule has 6 nitrogen and oxygen atoms in total. The Bertz CT molecular complexity index is 811. The van der Waals surface area contributed by atoms with E-state index < -0.39 is 0 Å². The first-order chi connectivity index (χ1) is 11.8. The molecular formula is C18H18N4O2. The third kappa shape index (κ3) is 2.78. The van der Waals surface area contributed by atoms with Crippen molar-refractivity contribution in [2.45, 2.75) is 0 Å². The fourth-order valence-corrected chi connectivity index (χ4v) is 2.92. The van der Waals surface area contributed by atoms with Gasteiger partial charge in [0, 0.05) is 31.7 Å². The first-order valence-corrected chi connectivity index (χ1v) is 7.98. The van der Waals surface area contributed by atoms with Gasteiger partial charge in [-0.05, 0) is 29.4 Å². The number of hydrogen-bond acceptors (Lipinski definition) is 6. The Kier molecular flexibility index (Phi) is 3.78. The lowest BCUT2D eigenvalue weighted by Gasteiger charge is -2.35. The van der Waals surface area contributed by atoms with Crippen LogP contribution in [-0.2, 0) is 0 Å². The van der Waals surface area contributed by atoms with E-state index in [2.05, 4.69) is 19.9 Å². The van der Waals surface area contributed by atoms with Crippen molar-refractivity contribution in [3.8, 4) is 17.2 Å². The molecule has 1 N–H and O–H groups in total. The second-order valence-electron chi connectivity index (χ2n) is 5.73. The summed E-state index contributed by atoms with van der Waals surface area (Å²) in [6.07, 6.45) is 0. The third-order valence-electron chi connectivity index (χ3n) is 4.22. The molecule has 1 aromatic heterocycles. The highest BCUT2D eigenvalue weighted by Crippen LogP contribution is 2.28. The molecule has 0 radical (unpaired) electrons. The number of hydrogen-bond donors (Lipinski definition) is 1. The van der Waals surface area contributed by atoms with Gasteiger partial charge in [0.25, 0.3) is 11.8 Å². The Hall–Kier alpha value is -3.02. The van der Waals surface area contributed by atoms with E-state index in [1.807, 2.05) is 48.5 Å². The van der Waals surface area contributed by atoms with Gasteiger partial charge in [-0.15, -0.1) is 0 Å². The molecular weight excluding hydrogens is 304 g/mol. The number of phenols is 1. The van der Waals surface area contributed by atoms with Crippen molar-refractivity contribution in [1.82, 2.24) is 10.1 Å². The van der Waals surface area contributed by atoms with E-state index in [0.29, 0.717) is 17.6 Å². The number of phenolic OH excluding ortho intramolecular Hbond substituents is 1. The zero-order valence-electron chi connectivity index (χ0n) is 13.2. The zero-order valence-corrected chi connectivity index (χ0v) is 13.2. The van der Waals surface area contributed by atoms with Crippen LogP contribution >= 0.6 is 0 Å². The van der Waals surface area contributed by atoms with Gasteiger partial charge in [-0.25, -0.2) is 0 Å². The van der Waals surface area contributed by atoms with Crippen LogP contribution in [0.4, 0.5) is 11.6 Å². The first-order valence-electron chi connectivity index (χ1n) is 7.98. The van der Waals surface area contributed by atoms with Gasteiger partial charge < -0.3 is 19.4 Å². The third-order valence-corrected chi connectivity index (χ3v) is 4.22. The minimum absolute atomic E-state index is 0.317. The van der Waals surface area contributed by atoms with E-state index in [0.717, 1.165) is 37.4 Å². The summed E-state index contributed by atoms with van der Waals surface area (Å²) in [4.78, 5) is 8.77. The van der Waals surface area contributed by atoms with Crippen LogP contribution in [0.1, 0.15) is 0 Å². The summed E-state index contributed by atoms with van der Waals surface area (Å²) in [6, 6.07) is 17.2. The number of anilines is 2. The number of para-hydroxylation sites is 2. The lowest BCUT2D eigenvalue weighted by Crippen LogP contribution is -2.47. The fourth-order valence-electron chi connectivity index (χ4n) is 2.92. The van der Waals surface area contributed by atoms with Crippen molar-refractivity contribution in [2.24, 2.45) is 0 Å². The predicted molar refractivity (Wildman–Crippen MR) is 92.3 cm³/mol. The monoisotopic (exact) mass is 322 g/mol. The van der Waals surface area contributed by atoms with Crippen LogP contribution in [0.3, 0.4) is 0 Å². The maximum absolute atomic E-state index is 9.98. The van der Waals surface area contributed by atoms with Crippen molar-refractivity contribution in [3.05, 3.63) is 54.6 Å². The highest BCUT2D eigenvalue weighted by atomic mass is 16.5. The minimum Gasteiger partial charge on any atom is -0.506 e. The van der Waals surface area contributed by atoms with Gasteiger partial charge in [-0.1, -0.05) is 30.3 Å². The molecule has 2 aromatic carbocycles. The molecule has 6 heteroatoms. The molecule has 0 saturated carbocycles. The van der Waals surface area contributed by atoms with Crippen LogP contribution in [-0.4, -0.2) is 41.4 Å². The minimum atomic E-state index is 0.317. The van der Waals surface area contributed by atoms with Crippen molar-refractivity contribution in [3.63, 3.8) is 0 Å². The maximum Gasteiger partial charge on any atom is 0.266 e. The Morgan fingerprint density at radius 3 is 2.25 bits per heavy atom. The molecule has 0 aliphatic carbocycles. The average Bonchev–Trinajstić information content (AvgIpc) is 3.13. The molecule has 1 aliphatic heterocycles. The normalized spacial score (nSPS) is 14.8. The van der Waals surface area contributed by atoms with Crippen molar-refractivity contribution >= 4 is 11.6 Å². The molecule has 4 rings (SSSR count). The summed E-state index contributed by atoms with van der Waals surface area (Å²) < 4.78 is 5.38. The average molecular weight is 322 g/mol. The number of rotatable bonds is 3. The van der Waals surface area contributed by atoms with Gasteiger partial charge in [-0.3, -0.25) is 0 Å². The highest BCUT2D eigenvalue weighted by molar-refractivity contribution is 5.59. The first kappa shape index (κ1) is 14.6. The van der Waals surface area contributed by atoms with Crippen LogP contribution in [0, 0.1) is 0 Å². The van der Waals surface area contributed by atoms with Gasteiger partial charge in [0.1, 0.15) is 5.75 Å². The molecule has 1 saturated heterocycles. The quantitative estimate of drug-likeness (QED) is 0.800. The van der Waals surface area contributed by atoms with Gasteiger partial charge in [0.15, 0.2) is 0 Å². The van der Waals surface area contributed by atoms with Gasteiger partial charge in [0.2, 0.25) is 0 Å². The molecule has 0 unspecified atom stereocenters. The number of piperazine rings is 1. The molecule has 3 aromatic rings. The highest BCUT2D eigenvalue weighted by Gasteiger charge is 2.22. The summed E-state index contributed by atoms with van der Waals surface area (Å²) in [5.41, 5.74) is 1.79. The number of benzene rings is 2. The zero-order chi connectivity index (χ0) is 16.4. The van der Waals surface area contributed by atoms with Crippen molar-refractivity contribution in [2.75, 3.05) is 36.0 Å². The summed E-state index contributed by atoms with van der Waals surface area (Å²) in [5, 5.41) is 14.1. The van der Waals surface area contributed by atoms with Crippen LogP contribution in [0.5, 0.6) is 5.75 Å². The standard InChI is InChI=1S/C18H18N4O2/c23-16-9-5-4-8-15(16)21-10-12-22(13-11-21)18-19-17(24-20-18)14-6-2-1-3-7-14/h1-9,23H,10-13H2. The Morgan fingerprint density at radius 1 is 0.833 bits per heavy atom. The van der Waals surface area contributed by atoms with Crippen LogP contribution in [0.25, 0.3) is 11.5 Å². The van der Waals surface area contributed by atoms with Crippen molar-refractivity contribution < 1.29 is 9.63 Å². The topological polar surface area (TPSA) is 65.6 Å². The number of nitrogens with zero attached hydrogens (tertiary/aromatic N) is 4. The largest absolute Gasteiger partial charge is 0.506 e. The van der Waals surface area contributed by atoms with E-state index in [9.17, 15) is 5.11 Å². The maximum atomic E-state index is 9.98. The van der Waals surface area contributed by atoms with E-state index in [4.69, 9.17) is 4.52 Å². The number of aromatic hydroxyl groups is 1. The second kappa shape index (κ2) is 6.23. The van der Waals surface area contributed by atoms with Crippen LogP contribution in [0.2, 0.25) is 0 Å². The molecule has 0 atom stereocenters. The van der Waals surface area contributed by atoms with E-state index in [1.54, 1.807) is 6.07 Å². The molecule has 122 valence electrons. The number of aromatic nitrogens is 2. The van der Waals surface area contributed by atoms with E-state index in [1.165, 1.54) is 0 Å². The fraction of sp³-hybridized carbons (Fsp3) is 0.222. The Labute approximate surface area is 139 Å². The molecule has 0 bridgehead atoms. The summed E-state index contributed by atoms with van der Waals surface area (Å²) in [6.45, 7) is 3.16. The Morgan fingerprint density at radius 2 is 1.50 bits per heavy atom.